The summed E-state index contributed by atoms with van der Waals surface area (Å²) in [5, 5.41) is 7.27. The van der Waals surface area contributed by atoms with E-state index in [0.717, 1.165) is 3.57 Å². The Morgan fingerprint density at radius 2 is 2.05 bits per heavy atom. The highest BCUT2D eigenvalue weighted by atomic mass is 127. The van der Waals surface area contributed by atoms with Gasteiger partial charge in [0.15, 0.2) is 0 Å². The molecule has 1 aromatic heterocycles. The van der Waals surface area contributed by atoms with Gasteiger partial charge in [0.1, 0.15) is 0 Å². The molecule has 0 aliphatic carbocycles. The number of benzene rings is 1. The average molecular weight is 399 g/mol. The molecule has 0 saturated heterocycles. The fraction of sp³-hybridized carbons (Fsp3) is 0.100. The lowest BCUT2D eigenvalue weighted by molar-refractivity contribution is -0.138. The SMILES string of the molecule is O=C(Nc1nnc(C(F)(F)F)s1)c1cccc(I)c1. The van der Waals surface area contributed by atoms with Gasteiger partial charge in [0.2, 0.25) is 10.1 Å². The maximum Gasteiger partial charge on any atom is 0.445 e. The van der Waals surface area contributed by atoms with Crippen molar-refractivity contribution >= 4 is 45.0 Å². The molecule has 1 amide bonds. The van der Waals surface area contributed by atoms with Gasteiger partial charge < -0.3 is 0 Å². The normalized spacial score (nSPS) is 11.4. The monoisotopic (exact) mass is 399 g/mol. The molecular weight excluding hydrogens is 394 g/mol. The van der Waals surface area contributed by atoms with Crippen molar-refractivity contribution in [3.8, 4) is 0 Å². The number of amides is 1. The highest BCUT2D eigenvalue weighted by molar-refractivity contribution is 14.1. The first-order chi connectivity index (χ1) is 8.86. The summed E-state index contributed by atoms with van der Waals surface area (Å²) in [5.74, 6) is -0.525. The van der Waals surface area contributed by atoms with Gasteiger partial charge >= 0.3 is 6.18 Å². The highest BCUT2D eigenvalue weighted by Gasteiger charge is 2.35. The van der Waals surface area contributed by atoms with E-state index >= 15 is 0 Å². The van der Waals surface area contributed by atoms with Gasteiger partial charge in [-0.15, -0.1) is 10.2 Å². The Balaban J connectivity index is 2.13. The maximum atomic E-state index is 12.3. The summed E-state index contributed by atoms with van der Waals surface area (Å²) in [4.78, 5) is 11.8. The van der Waals surface area contributed by atoms with E-state index in [1.807, 2.05) is 22.6 Å². The van der Waals surface area contributed by atoms with Crippen LogP contribution in [0.5, 0.6) is 0 Å². The van der Waals surface area contributed by atoms with Crippen LogP contribution in [0.1, 0.15) is 15.4 Å². The molecule has 0 aliphatic heterocycles. The largest absolute Gasteiger partial charge is 0.445 e. The minimum Gasteiger partial charge on any atom is -0.296 e. The lowest BCUT2D eigenvalue weighted by Crippen LogP contribution is -2.11. The smallest absolute Gasteiger partial charge is 0.296 e. The third-order valence-electron chi connectivity index (χ3n) is 1.97. The van der Waals surface area contributed by atoms with Gasteiger partial charge in [0, 0.05) is 9.13 Å². The van der Waals surface area contributed by atoms with Crippen LogP contribution in [0.3, 0.4) is 0 Å². The summed E-state index contributed by atoms with van der Waals surface area (Å²) in [6, 6.07) is 6.65. The molecular formula is C10H5F3IN3OS. The topological polar surface area (TPSA) is 54.9 Å². The average Bonchev–Trinajstić information content (AvgIpc) is 2.77. The van der Waals surface area contributed by atoms with Crippen LogP contribution in [0, 0.1) is 3.57 Å². The number of rotatable bonds is 2. The van der Waals surface area contributed by atoms with Crippen molar-refractivity contribution in [2.75, 3.05) is 5.32 Å². The van der Waals surface area contributed by atoms with E-state index in [-0.39, 0.29) is 16.5 Å². The molecule has 4 nitrogen and oxygen atoms in total. The van der Waals surface area contributed by atoms with Crippen LogP contribution in [0.4, 0.5) is 18.3 Å². The van der Waals surface area contributed by atoms with Crippen molar-refractivity contribution in [2.45, 2.75) is 6.18 Å². The minimum atomic E-state index is -4.55. The van der Waals surface area contributed by atoms with Crippen LogP contribution in [0.2, 0.25) is 0 Å². The molecule has 100 valence electrons. The van der Waals surface area contributed by atoms with Crippen molar-refractivity contribution in [3.05, 3.63) is 38.4 Å². The molecule has 2 rings (SSSR count). The Morgan fingerprint density at radius 3 is 2.63 bits per heavy atom. The van der Waals surface area contributed by atoms with Crippen molar-refractivity contribution in [1.29, 1.82) is 0 Å². The van der Waals surface area contributed by atoms with E-state index in [4.69, 9.17) is 0 Å². The Morgan fingerprint density at radius 1 is 1.32 bits per heavy atom. The van der Waals surface area contributed by atoms with Gasteiger partial charge in [-0.3, -0.25) is 10.1 Å². The third kappa shape index (κ3) is 3.62. The molecule has 0 atom stereocenters. The summed E-state index contributed by atoms with van der Waals surface area (Å²) >= 11 is 2.32. The number of aromatic nitrogens is 2. The molecule has 1 aromatic carbocycles. The second kappa shape index (κ2) is 5.41. The second-order valence-corrected chi connectivity index (χ2v) is 5.60. The number of anilines is 1. The van der Waals surface area contributed by atoms with Crippen molar-refractivity contribution < 1.29 is 18.0 Å². The minimum absolute atomic E-state index is 0.184. The zero-order chi connectivity index (χ0) is 14.0. The van der Waals surface area contributed by atoms with Gasteiger partial charge in [-0.1, -0.05) is 17.4 Å². The van der Waals surface area contributed by atoms with Crippen LogP contribution < -0.4 is 5.32 Å². The Hall–Kier alpha value is -1.23. The number of hydrogen-bond acceptors (Lipinski definition) is 4. The van der Waals surface area contributed by atoms with Gasteiger partial charge in [0.05, 0.1) is 0 Å². The lowest BCUT2D eigenvalue weighted by atomic mass is 10.2. The molecule has 1 N–H and O–H groups in total. The van der Waals surface area contributed by atoms with Crippen LogP contribution >= 0.6 is 33.9 Å². The van der Waals surface area contributed by atoms with Gasteiger partial charge in [-0.2, -0.15) is 13.2 Å². The molecule has 0 radical (unpaired) electrons. The lowest BCUT2D eigenvalue weighted by Gasteiger charge is -2.01. The van der Waals surface area contributed by atoms with Gasteiger partial charge in [-0.25, -0.2) is 0 Å². The highest BCUT2D eigenvalue weighted by Crippen LogP contribution is 2.33. The zero-order valence-corrected chi connectivity index (χ0v) is 12.0. The Labute approximate surface area is 123 Å². The maximum absolute atomic E-state index is 12.3. The third-order valence-corrected chi connectivity index (χ3v) is 3.53. The number of carbonyl (C=O) groups excluding carboxylic acids is 1. The molecule has 0 spiro atoms. The zero-order valence-electron chi connectivity index (χ0n) is 9.03. The number of nitrogens with zero attached hydrogens (tertiary/aromatic N) is 2. The van der Waals surface area contributed by atoms with Crippen LogP contribution in [-0.2, 0) is 6.18 Å². The number of alkyl halides is 3. The quantitative estimate of drug-likeness (QED) is 0.788. The van der Waals surface area contributed by atoms with Crippen molar-refractivity contribution in [1.82, 2.24) is 10.2 Å². The standard InChI is InChI=1S/C10H5F3IN3OS/c11-10(12,13)8-16-17-9(19-8)15-7(18)5-2-1-3-6(14)4-5/h1-4H,(H,15,17,18). The molecule has 9 heteroatoms. The first kappa shape index (κ1) is 14.2. The molecule has 0 fully saturated rings. The summed E-state index contributed by atoms with van der Waals surface area (Å²) in [5.41, 5.74) is 0.343. The molecule has 0 saturated carbocycles. The molecule has 1 heterocycles. The second-order valence-electron chi connectivity index (χ2n) is 3.37. The predicted molar refractivity (Wildman–Crippen MR) is 72.0 cm³/mol. The van der Waals surface area contributed by atoms with Crippen LogP contribution in [-0.4, -0.2) is 16.1 Å². The number of carbonyl (C=O) groups is 1. The van der Waals surface area contributed by atoms with E-state index in [0.29, 0.717) is 5.56 Å². The molecule has 0 aliphatic rings. The summed E-state index contributed by atoms with van der Waals surface area (Å²) < 4.78 is 37.8. The Bertz CT molecular complexity index is 614. The fourth-order valence-corrected chi connectivity index (χ4v) is 2.34. The van der Waals surface area contributed by atoms with Gasteiger partial charge in [0.25, 0.3) is 5.91 Å². The Kier molecular flexibility index (Phi) is 4.04. The van der Waals surface area contributed by atoms with Crippen LogP contribution in [0.15, 0.2) is 24.3 Å². The molecule has 2 aromatic rings. The summed E-state index contributed by atoms with van der Waals surface area (Å²) in [6.45, 7) is 0. The fourth-order valence-electron chi connectivity index (χ4n) is 1.19. The first-order valence-electron chi connectivity index (χ1n) is 4.84. The van der Waals surface area contributed by atoms with Crippen molar-refractivity contribution in [3.63, 3.8) is 0 Å². The number of halogens is 4. The summed E-state index contributed by atoms with van der Waals surface area (Å²) in [6.07, 6.45) is -4.55. The van der Waals surface area contributed by atoms with E-state index < -0.39 is 17.1 Å². The first-order valence-corrected chi connectivity index (χ1v) is 6.73. The van der Waals surface area contributed by atoms with E-state index in [2.05, 4.69) is 15.5 Å². The van der Waals surface area contributed by atoms with Gasteiger partial charge in [-0.05, 0) is 40.8 Å². The molecule has 0 bridgehead atoms. The predicted octanol–water partition coefficient (Wildman–Crippen LogP) is 3.41. The van der Waals surface area contributed by atoms with E-state index in [1.54, 1.807) is 24.3 Å². The summed E-state index contributed by atoms with van der Waals surface area (Å²) in [7, 11) is 0. The number of hydrogen-bond donors (Lipinski definition) is 1. The van der Waals surface area contributed by atoms with E-state index in [9.17, 15) is 18.0 Å². The molecule has 19 heavy (non-hydrogen) atoms. The molecule has 0 unspecified atom stereocenters. The number of nitrogens with one attached hydrogen (secondary N) is 1. The van der Waals surface area contributed by atoms with Crippen LogP contribution in [0.25, 0.3) is 0 Å². The van der Waals surface area contributed by atoms with Crippen molar-refractivity contribution in [2.24, 2.45) is 0 Å². The van der Waals surface area contributed by atoms with E-state index in [1.165, 1.54) is 0 Å².